The molecule has 0 radical (unpaired) electrons. The molecule has 0 saturated heterocycles. The first kappa shape index (κ1) is 14.5. The Morgan fingerprint density at radius 1 is 1.50 bits per heavy atom. The van der Waals surface area contributed by atoms with Crippen LogP contribution in [0.1, 0.15) is 32.4 Å². The molecule has 0 saturated carbocycles. The van der Waals surface area contributed by atoms with Crippen molar-refractivity contribution in [1.82, 2.24) is 5.32 Å². The maximum atomic E-state index is 11.0. The number of carboxylic acids is 1. The Morgan fingerprint density at radius 3 is 2.72 bits per heavy atom. The highest BCUT2D eigenvalue weighted by atomic mass is 16.5. The van der Waals surface area contributed by atoms with Gasteiger partial charge in [-0.3, -0.25) is 4.79 Å². The van der Waals surface area contributed by atoms with Gasteiger partial charge in [0.2, 0.25) is 0 Å². The van der Waals surface area contributed by atoms with E-state index in [1.807, 2.05) is 31.2 Å². The highest BCUT2D eigenvalue weighted by Crippen LogP contribution is 2.20. The zero-order valence-corrected chi connectivity index (χ0v) is 11.4. The number of carboxylic acid groups (broad SMARTS) is 1. The maximum Gasteiger partial charge on any atom is 0.310 e. The van der Waals surface area contributed by atoms with E-state index >= 15 is 0 Å². The van der Waals surface area contributed by atoms with Gasteiger partial charge in [-0.25, -0.2) is 0 Å². The molecule has 1 atom stereocenters. The van der Waals surface area contributed by atoms with Crippen molar-refractivity contribution in [2.24, 2.45) is 5.41 Å². The fraction of sp³-hybridized carbons (Fsp3) is 0.500. The van der Waals surface area contributed by atoms with Gasteiger partial charge in [-0.2, -0.15) is 0 Å². The lowest BCUT2D eigenvalue weighted by Gasteiger charge is -2.23. The molecule has 1 aromatic rings. The molecule has 0 aromatic heterocycles. The Morgan fingerprint density at radius 2 is 2.17 bits per heavy atom. The lowest BCUT2D eigenvalue weighted by Crippen LogP contribution is -2.37. The van der Waals surface area contributed by atoms with Crippen LogP contribution in [0.25, 0.3) is 0 Å². The predicted molar refractivity (Wildman–Crippen MR) is 70.8 cm³/mol. The third kappa shape index (κ3) is 3.74. The van der Waals surface area contributed by atoms with Crippen molar-refractivity contribution in [1.29, 1.82) is 0 Å². The van der Waals surface area contributed by atoms with E-state index in [9.17, 15) is 4.79 Å². The molecule has 0 unspecified atom stereocenters. The molecule has 1 rings (SSSR count). The molecule has 18 heavy (non-hydrogen) atoms. The Labute approximate surface area is 108 Å². The van der Waals surface area contributed by atoms with Crippen molar-refractivity contribution in [2.75, 3.05) is 13.7 Å². The van der Waals surface area contributed by atoms with Gasteiger partial charge in [-0.05, 0) is 38.5 Å². The molecule has 0 aliphatic heterocycles. The van der Waals surface area contributed by atoms with E-state index in [1.54, 1.807) is 21.0 Å². The first-order chi connectivity index (χ1) is 8.36. The van der Waals surface area contributed by atoms with E-state index in [0.29, 0.717) is 6.54 Å². The normalized spacial score (nSPS) is 13.1. The van der Waals surface area contributed by atoms with Crippen LogP contribution < -0.4 is 10.1 Å². The largest absolute Gasteiger partial charge is 0.497 e. The van der Waals surface area contributed by atoms with Crippen LogP contribution in [0.15, 0.2) is 24.3 Å². The van der Waals surface area contributed by atoms with Crippen LogP contribution >= 0.6 is 0 Å². The average Bonchev–Trinajstić information content (AvgIpc) is 2.36. The Balaban J connectivity index is 2.65. The highest BCUT2D eigenvalue weighted by Gasteiger charge is 2.27. The standard InChI is InChI=1S/C14H21NO3/c1-10(15-9-14(2,3)13(16)17)11-6-5-7-12(8-11)18-4/h5-8,10,15H,9H2,1-4H3,(H,16,17)/t10-/m0/s1. The second-order valence-corrected chi connectivity index (χ2v) is 5.07. The van der Waals surface area contributed by atoms with Gasteiger partial charge in [0.05, 0.1) is 12.5 Å². The SMILES string of the molecule is COc1cccc([C@H](C)NCC(C)(C)C(=O)O)c1. The number of hydrogen-bond acceptors (Lipinski definition) is 3. The average molecular weight is 251 g/mol. The lowest BCUT2D eigenvalue weighted by molar-refractivity contribution is -0.146. The number of benzene rings is 1. The molecule has 0 amide bonds. The molecule has 0 bridgehead atoms. The van der Waals surface area contributed by atoms with Crippen LogP contribution in [-0.2, 0) is 4.79 Å². The molecule has 0 aliphatic rings. The zero-order chi connectivity index (χ0) is 13.8. The van der Waals surface area contributed by atoms with Crippen LogP contribution in [0.3, 0.4) is 0 Å². The molecule has 0 aliphatic carbocycles. The first-order valence-electron chi connectivity index (χ1n) is 5.97. The Hall–Kier alpha value is -1.55. The second kappa shape index (κ2) is 5.87. The minimum Gasteiger partial charge on any atom is -0.497 e. The van der Waals surface area contributed by atoms with E-state index in [2.05, 4.69) is 5.32 Å². The van der Waals surface area contributed by atoms with Crippen molar-refractivity contribution in [3.63, 3.8) is 0 Å². The number of rotatable bonds is 6. The van der Waals surface area contributed by atoms with E-state index < -0.39 is 11.4 Å². The summed E-state index contributed by atoms with van der Waals surface area (Å²) in [5.41, 5.74) is 0.308. The lowest BCUT2D eigenvalue weighted by atomic mass is 9.93. The van der Waals surface area contributed by atoms with Gasteiger partial charge in [-0.1, -0.05) is 12.1 Å². The summed E-state index contributed by atoms with van der Waals surface area (Å²) in [6.45, 7) is 5.84. The smallest absolute Gasteiger partial charge is 0.310 e. The first-order valence-corrected chi connectivity index (χ1v) is 5.97. The Kier molecular flexibility index (Phi) is 4.73. The van der Waals surface area contributed by atoms with E-state index in [-0.39, 0.29) is 6.04 Å². The van der Waals surface area contributed by atoms with E-state index in [1.165, 1.54) is 0 Å². The number of carbonyl (C=O) groups is 1. The van der Waals surface area contributed by atoms with Crippen LogP contribution in [0, 0.1) is 5.41 Å². The monoisotopic (exact) mass is 251 g/mol. The summed E-state index contributed by atoms with van der Waals surface area (Å²) < 4.78 is 5.17. The molecule has 0 heterocycles. The van der Waals surface area contributed by atoms with E-state index in [4.69, 9.17) is 9.84 Å². The molecular formula is C14H21NO3. The minimum absolute atomic E-state index is 0.0822. The van der Waals surface area contributed by atoms with Crippen molar-refractivity contribution >= 4 is 5.97 Å². The van der Waals surface area contributed by atoms with Gasteiger partial charge in [0.15, 0.2) is 0 Å². The quantitative estimate of drug-likeness (QED) is 0.815. The third-order valence-corrected chi connectivity index (χ3v) is 3.02. The third-order valence-electron chi connectivity index (χ3n) is 3.02. The van der Waals surface area contributed by atoms with Crippen LogP contribution in [-0.4, -0.2) is 24.7 Å². The van der Waals surface area contributed by atoms with Crippen molar-refractivity contribution in [3.05, 3.63) is 29.8 Å². The molecule has 0 spiro atoms. The van der Waals surface area contributed by atoms with Gasteiger partial charge >= 0.3 is 5.97 Å². The summed E-state index contributed by atoms with van der Waals surface area (Å²) in [5.74, 6) is 0.00601. The molecule has 100 valence electrons. The summed E-state index contributed by atoms with van der Waals surface area (Å²) in [4.78, 5) is 11.0. The number of aliphatic carboxylic acids is 1. The summed E-state index contributed by atoms with van der Waals surface area (Å²) in [6, 6.07) is 7.84. The topological polar surface area (TPSA) is 58.6 Å². The molecule has 4 heteroatoms. The fourth-order valence-electron chi connectivity index (χ4n) is 1.51. The van der Waals surface area contributed by atoms with Gasteiger partial charge < -0.3 is 15.2 Å². The molecular weight excluding hydrogens is 230 g/mol. The molecule has 4 nitrogen and oxygen atoms in total. The highest BCUT2D eigenvalue weighted by molar-refractivity contribution is 5.73. The summed E-state index contributed by atoms with van der Waals surface area (Å²) in [6.07, 6.45) is 0. The maximum absolute atomic E-state index is 11.0. The van der Waals surface area contributed by atoms with Crippen molar-refractivity contribution in [3.8, 4) is 5.75 Å². The number of ether oxygens (including phenoxy) is 1. The second-order valence-electron chi connectivity index (χ2n) is 5.07. The van der Waals surface area contributed by atoms with Crippen LogP contribution in [0.4, 0.5) is 0 Å². The van der Waals surface area contributed by atoms with Gasteiger partial charge in [0, 0.05) is 12.6 Å². The number of methoxy groups -OCH3 is 1. The molecule has 0 fully saturated rings. The number of nitrogens with one attached hydrogen (secondary N) is 1. The van der Waals surface area contributed by atoms with Gasteiger partial charge in [-0.15, -0.1) is 0 Å². The summed E-state index contributed by atoms with van der Waals surface area (Å²) in [5, 5.41) is 12.3. The molecule has 1 aromatic carbocycles. The Bertz CT molecular complexity index is 415. The van der Waals surface area contributed by atoms with Gasteiger partial charge in [0.25, 0.3) is 0 Å². The van der Waals surface area contributed by atoms with Crippen LogP contribution in [0.5, 0.6) is 5.75 Å². The van der Waals surface area contributed by atoms with Crippen molar-refractivity contribution in [2.45, 2.75) is 26.8 Å². The molecule has 2 N–H and O–H groups in total. The summed E-state index contributed by atoms with van der Waals surface area (Å²) >= 11 is 0. The van der Waals surface area contributed by atoms with Crippen LogP contribution in [0.2, 0.25) is 0 Å². The van der Waals surface area contributed by atoms with E-state index in [0.717, 1.165) is 11.3 Å². The minimum atomic E-state index is -0.798. The summed E-state index contributed by atoms with van der Waals surface area (Å²) in [7, 11) is 1.63. The number of hydrogen-bond donors (Lipinski definition) is 2. The van der Waals surface area contributed by atoms with Gasteiger partial charge in [0.1, 0.15) is 5.75 Å². The predicted octanol–water partition coefficient (Wildman–Crippen LogP) is 2.46. The fourth-order valence-corrected chi connectivity index (χ4v) is 1.51. The zero-order valence-electron chi connectivity index (χ0n) is 11.4. The van der Waals surface area contributed by atoms with Crippen molar-refractivity contribution < 1.29 is 14.6 Å².